The number of carboxylic acid groups (broad SMARTS) is 1. The number of anilines is 2. The van der Waals surface area contributed by atoms with Gasteiger partial charge in [0.1, 0.15) is 23.5 Å². The third kappa shape index (κ3) is 9.19. The molecule has 0 bridgehead atoms. The Labute approximate surface area is 351 Å². The van der Waals surface area contributed by atoms with Crippen LogP contribution in [-0.2, 0) is 14.3 Å². The summed E-state index contributed by atoms with van der Waals surface area (Å²) in [4.78, 5) is 25.1. The Morgan fingerprint density at radius 2 is 0.877 bits per heavy atom. The summed E-state index contributed by atoms with van der Waals surface area (Å²) >= 11 is 0. The van der Waals surface area contributed by atoms with Crippen molar-refractivity contribution in [1.82, 2.24) is 0 Å². The van der Waals surface area contributed by atoms with Crippen molar-refractivity contribution in [1.29, 1.82) is 0 Å². The van der Waals surface area contributed by atoms with Crippen LogP contribution in [0.15, 0.2) is 180 Å². The van der Waals surface area contributed by atoms with E-state index >= 15 is 0 Å². The van der Waals surface area contributed by atoms with Crippen LogP contribution < -0.4 is 39.6 Å². The van der Waals surface area contributed by atoms with Crippen molar-refractivity contribution >= 4 is 34.7 Å². The number of hydrogen-bond donors (Lipinski definition) is 1. The summed E-state index contributed by atoms with van der Waals surface area (Å²) in [5.41, 5.74) is 5.73. The van der Waals surface area contributed by atoms with Gasteiger partial charge in [-0.1, -0.05) is 121 Å². The van der Waals surface area contributed by atoms with Crippen LogP contribution in [0.3, 0.4) is 0 Å². The number of hydrazone groups is 2. The Bertz CT molecular complexity index is 2300. The van der Waals surface area contributed by atoms with Crippen molar-refractivity contribution < 1.29 is 63.2 Å². The number of methoxy groups -OCH3 is 1. The third-order valence-electron chi connectivity index (χ3n) is 9.50. The van der Waals surface area contributed by atoms with Gasteiger partial charge in [-0.2, -0.15) is 10.2 Å². The van der Waals surface area contributed by atoms with Gasteiger partial charge in [0.25, 0.3) is 0 Å². The standard InChI is InChI=1S/C23H19FN2O2.C22H17FN2O2.Na.H2O/c1-28-23(27)20-21(16-12-14-18(24)15-13-16)25-26(19-10-6-3-7-11-19)22(20)17-8-4-2-5-9-17;23-17-13-11-15(12-14-17)20-19(22(26)27)21(16-7-3-1-4-8-16)25(24-20)18-9-5-2-6-10-18;;/h2-15,20,22H,1H3;1-14,19,21H,(H,26,27);;1H2/q;;+1;/p-1. The molecule has 6 aromatic carbocycles. The number of carbonyl (C=O) groups is 2. The molecule has 4 atom stereocenters. The molecule has 0 saturated carbocycles. The largest absolute Gasteiger partial charge is 1.00 e. The smallest absolute Gasteiger partial charge is 0.870 e. The van der Waals surface area contributed by atoms with E-state index in [2.05, 4.69) is 5.10 Å². The number of nitrogens with zero attached hydrogens (tertiary/aromatic N) is 4. The fourth-order valence-corrected chi connectivity index (χ4v) is 6.96. The van der Waals surface area contributed by atoms with E-state index in [1.807, 2.05) is 126 Å². The first-order valence-corrected chi connectivity index (χ1v) is 17.6. The number of benzene rings is 6. The normalized spacial score (nSPS) is 18.2. The van der Waals surface area contributed by atoms with Crippen LogP contribution in [-0.4, -0.2) is 41.1 Å². The summed E-state index contributed by atoms with van der Waals surface area (Å²) in [6.07, 6.45) is 0. The van der Waals surface area contributed by atoms with Crippen LogP contribution in [0, 0.1) is 23.5 Å². The van der Waals surface area contributed by atoms with E-state index in [9.17, 15) is 23.5 Å². The maximum absolute atomic E-state index is 13.4. The second-order valence-electron chi connectivity index (χ2n) is 12.9. The number of halogens is 2. The quantitative estimate of drug-likeness (QED) is 0.151. The van der Waals surface area contributed by atoms with Gasteiger partial charge in [0, 0.05) is 0 Å². The second-order valence-corrected chi connectivity index (χ2v) is 12.9. The monoisotopic (exact) mass is 774 g/mol. The van der Waals surface area contributed by atoms with E-state index in [0.29, 0.717) is 22.6 Å². The predicted octanol–water partition coefficient (Wildman–Crippen LogP) is 5.90. The van der Waals surface area contributed by atoms with Crippen molar-refractivity contribution in [2.24, 2.45) is 22.0 Å². The first-order chi connectivity index (χ1) is 26.8. The molecule has 2 heterocycles. The molecular formula is C45H37F2N4NaO5. The van der Waals surface area contributed by atoms with E-state index in [-0.39, 0.29) is 58.7 Å². The summed E-state index contributed by atoms with van der Waals surface area (Å²) < 4.78 is 31.9. The van der Waals surface area contributed by atoms with Crippen molar-refractivity contribution in [3.05, 3.63) is 204 Å². The molecule has 2 aliphatic heterocycles. The molecule has 9 nitrogen and oxygen atoms in total. The Balaban J connectivity index is 0.000000210. The van der Waals surface area contributed by atoms with E-state index < -0.39 is 23.8 Å². The molecule has 0 amide bonds. The molecule has 8 rings (SSSR count). The molecular weight excluding hydrogens is 738 g/mol. The Morgan fingerprint density at radius 1 is 0.544 bits per heavy atom. The third-order valence-corrected chi connectivity index (χ3v) is 9.50. The average Bonchev–Trinajstić information content (AvgIpc) is 3.84. The Hall–Kier alpha value is -5.98. The van der Waals surface area contributed by atoms with Crippen molar-refractivity contribution in [3.8, 4) is 0 Å². The number of hydrogen-bond acceptors (Lipinski definition) is 8. The molecule has 6 aromatic rings. The second kappa shape index (κ2) is 19.2. The zero-order chi connectivity index (χ0) is 38.3. The molecule has 0 aromatic heterocycles. The van der Waals surface area contributed by atoms with Crippen LogP contribution in [0.4, 0.5) is 20.2 Å². The Kier molecular flexibility index (Phi) is 14.2. The summed E-state index contributed by atoms with van der Waals surface area (Å²) in [5.74, 6) is -3.57. The van der Waals surface area contributed by atoms with Gasteiger partial charge >= 0.3 is 41.5 Å². The minimum Gasteiger partial charge on any atom is -0.870 e. The Morgan fingerprint density at radius 3 is 1.23 bits per heavy atom. The minimum atomic E-state index is -0.967. The van der Waals surface area contributed by atoms with Gasteiger partial charge in [-0.15, -0.1) is 0 Å². The summed E-state index contributed by atoms with van der Waals surface area (Å²) in [6.45, 7) is 0. The molecule has 282 valence electrons. The van der Waals surface area contributed by atoms with Crippen molar-refractivity contribution in [3.63, 3.8) is 0 Å². The summed E-state index contributed by atoms with van der Waals surface area (Å²) in [7, 11) is 1.37. The van der Waals surface area contributed by atoms with Crippen LogP contribution >= 0.6 is 0 Å². The van der Waals surface area contributed by atoms with E-state index in [4.69, 9.17) is 9.84 Å². The average molecular weight is 775 g/mol. The number of carbonyl (C=O) groups excluding carboxylic acids is 1. The van der Waals surface area contributed by atoms with Gasteiger partial charge in [-0.25, -0.2) is 8.78 Å². The molecule has 0 radical (unpaired) electrons. The van der Waals surface area contributed by atoms with Crippen LogP contribution in [0.2, 0.25) is 0 Å². The van der Waals surface area contributed by atoms with E-state index in [0.717, 1.165) is 22.5 Å². The molecule has 12 heteroatoms. The van der Waals surface area contributed by atoms with Crippen molar-refractivity contribution in [2.75, 3.05) is 17.1 Å². The minimum absolute atomic E-state index is 0. The molecule has 0 fully saturated rings. The van der Waals surface area contributed by atoms with Gasteiger partial charge in [0.15, 0.2) is 0 Å². The van der Waals surface area contributed by atoms with E-state index in [1.54, 1.807) is 29.3 Å². The van der Waals surface area contributed by atoms with Gasteiger partial charge < -0.3 is 15.3 Å². The number of aliphatic carboxylic acids is 1. The molecule has 0 aliphatic carbocycles. The van der Waals surface area contributed by atoms with Gasteiger partial charge in [-0.05, 0) is 70.8 Å². The summed E-state index contributed by atoms with van der Waals surface area (Å²) in [5, 5.41) is 23.1. The molecule has 57 heavy (non-hydrogen) atoms. The van der Waals surface area contributed by atoms with Gasteiger partial charge in [0.2, 0.25) is 0 Å². The molecule has 0 spiro atoms. The topological polar surface area (TPSA) is 125 Å². The fourth-order valence-electron chi connectivity index (χ4n) is 6.96. The SMILES string of the molecule is COC(=O)C1C(c2ccc(F)cc2)=NN(c2ccccc2)C1c1ccccc1.O=C(O)C1C(c2ccc(F)cc2)=NN(c2ccccc2)C1c1ccccc1.[Na+].[OH-]. The van der Waals surface area contributed by atoms with E-state index in [1.165, 1.54) is 31.4 Å². The fraction of sp³-hybridized carbons (Fsp3) is 0.111. The first-order valence-electron chi connectivity index (χ1n) is 17.6. The molecule has 4 unspecified atom stereocenters. The number of para-hydroxylation sites is 2. The van der Waals surface area contributed by atoms with Gasteiger partial charge in [-0.3, -0.25) is 19.6 Å². The number of carboxylic acids is 1. The molecule has 2 N–H and O–H groups in total. The maximum Gasteiger partial charge on any atom is 1.00 e. The maximum atomic E-state index is 13.4. The molecule has 2 aliphatic rings. The summed E-state index contributed by atoms with van der Waals surface area (Å²) in [6, 6.07) is 49.3. The van der Waals surface area contributed by atoms with Gasteiger partial charge in [0.05, 0.1) is 42.0 Å². The zero-order valence-electron chi connectivity index (χ0n) is 31.1. The predicted molar refractivity (Wildman–Crippen MR) is 211 cm³/mol. The molecule has 0 saturated heterocycles. The van der Waals surface area contributed by atoms with Crippen LogP contribution in [0.5, 0.6) is 0 Å². The number of ether oxygens (including phenoxy) is 1. The van der Waals surface area contributed by atoms with Crippen LogP contribution in [0.1, 0.15) is 34.3 Å². The van der Waals surface area contributed by atoms with Crippen molar-refractivity contribution in [2.45, 2.75) is 12.1 Å². The number of rotatable bonds is 8. The zero-order valence-corrected chi connectivity index (χ0v) is 33.1. The first kappa shape index (κ1) is 42.2. The van der Waals surface area contributed by atoms with Crippen LogP contribution in [0.25, 0.3) is 0 Å². The number of esters is 1.